The van der Waals surface area contributed by atoms with Crippen molar-refractivity contribution in [2.75, 3.05) is 6.54 Å². The summed E-state index contributed by atoms with van der Waals surface area (Å²) in [5.74, 6) is 0.412. The summed E-state index contributed by atoms with van der Waals surface area (Å²) in [5, 5.41) is 10.7. The molecule has 1 saturated heterocycles. The maximum Gasteiger partial charge on any atom is 0.272 e. The predicted octanol–water partition coefficient (Wildman–Crippen LogP) is 3.06. The van der Waals surface area contributed by atoms with Crippen molar-refractivity contribution >= 4 is 17.5 Å². The summed E-state index contributed by atoms with van der Waals surface area (Å²) in [4.78, 5) is 18.4. The van der Waals surface area contributed by atoms with Gasteiger partial charge in [-0.3, -0.25) is 4.79 Å². The molecule has 0 radical (unpaired) electrons. The zero-order valence-corrected chi connectivity index (χ0v) is 12.7. The summed E-state index contributed by atoms with van der Waals surface area (Å²) in [6.45, 7) is 0.679. The molecule has 0 bridgehead atoms. The second-order valence-electron chi connectivity index (χ2n) is 5.42. The molecule has 2 atom stereocenters. The Kier molecular flexibility index (Phi) is 4.45. The Morgan fingerprint density at radius 1 is 1.50 bits per heavy atom. The highest BCUT2D eigenvalue weighted by Crippen LogP contribution is 2.28. The minimum atomic E-state index is -0.702. The van der Waals surface area contributed by atoms with Gasteiger partial charge in [-0.25, -0.2) is 4.98 Å². The van der Waals surface area contributed by atoms with Crippen LogP contribution in [0.4, 0.5) is 0 Å². The predicted molar refractivity (Wildman–Crippen MR) is 81.6 cm³/mol. The van der Waals surface area contributed by atoms with Crippen LogP contribution in [0.2, 0.25) is 5.02 Å². The summed E-state index contributed by atoms with van der Waals surface area (Å²) in [6.07, 6.45) is 4.57. The number of pyridine rings is 1. The zero-order chi connectivity index (χ0) is 15.5. The number of aliphatic hydroxyl groups is 1. The lowest BCUT2D eigenvalue weighted by atomic mass is 10.0. The Morgan fingerprint density at radius 2 is 2.36 bits per heavy atom. The van der Waals surface area contributed by atoms with E-state index in [1.165, 1.54) is 12.5 Å². The van der Waals surface area contributed by atoms with Gasteiger partial charge in [0.15, 0.2) is 0 Å². The Hall–Kier alpha value is -1.85. The Morgan fingerprint density at radius 3 is 3.05 bits per heavy atom. The molecule has 2 aromatic rings. The van der Waals surface area contributed by atoms with E-state index >= 15 is 0 Å². The average molecular weight is 321 g/mol. The van der Waals surface area contributed by atoms with E-state index in [0.29, 0.717) is 29.4 Å². The highest BCUT2D eigenvalue weighted by Gasteiger charge is 2.32. The van der Waals surface area contributed by atoms with Crippen molar-refractivity contribution in [3.05, 3.63) is 53.2 Å². The number of rotatable bonds is 4. The molecule has 1 amide bonds. The highest BCUT2D eigenvalue weighted by molar-refractivity contribution is 6.30. The first-order valence-corrected chi connectivity index (χ1v) is 7.67. The maximum atomic E-state index is 12.6. The number of amides is 1. The van der Waals surface area contributed by atoms with Crippen molar-refractivity contribution in [1.29, 1.82) is 0 Å². The third-order valence-electron chi connectivity index (χ3n) is 3.95. The van der Waals surface area contributed by atoms with Gasteiger partial charge in [0.1, 0.15) is 17.6 Å². The van der Waals surface area contributed by atoms with E-state index in [0.717, 1.165) is 12.8 Å². The van der Waals surface area contributed by atoms with Crippen molar-refractivity contribution in [3.63, 3.8) is 0 Å². The monoisotopic (exact) mass is 320 g/mol. The lowest BCUT2D eigenvalue weighted by molar-refractivity contribution is 0.0636. The van der Waals surface area contributed by atoms with Gasteiger partial charge in [0.2, 0.25) is 0 Å². The highest BCUT2D eigenvalue weighted by atomic mass is 35.5. The Labute approximate surface area is 133 Å². The molecule has 5 nitrogen and oxygen atoms in total. The summed E-state index contributed by atoms with van der Waals surface area (Å²) < 4.78 is 5.22. The molecular weight excluding hydrogens is 304 g/mol. The van der Waals surface area contributed by atoms with Gasteiger partial charge in [-0.1, -0.05) is 11.6 Å². The van der Waals surface area contributed by atoms with Crippen LogP contribution in [0.15, 0.2) is 41.1 Å². The van der Waals surface area contributed by atoms with Crippen LogP contribution in [-0.4, -0.2) is 33.5 Å². The number of carbonyl (C=O) groups is 1. The van der Waals surface area contributed by atoms with Crippen LogP contribution in [0, 0.1) is 0 Å². The topological polar surface area (TPSA) is 66.6 Å². The fourth-order valence-electron chi connectivity index (χ4n) is 2.85. The minimum Gasteiger partial charge on any atom is -0.467 e. The van der Waals surface area contributed by atoms with E-state index in [9.17, 15) is 9.90 Å². The molecule has 1 aliphatic heterocycles. The average Bonchev–Trinajstić information content (AvgIpc) is 3.18. The van der Waals surface area contributed by atoms with Crippen LogP contribution < -0.4 is 0 Å². The number of hydrogen-bond donors (Lipinski definition) is 1. The number of carbonyl (C=O) groups excluding carboxylic acids is 1. The molecule has 116 valence electrons. The largest absolute Gasteiger partial charge is 0.467 e. The first-order valence-electron chi connectivity index (χ1n) is 7.29. The van der Waals surface area contributed by atoms with Gasteiger partial charge in [0, 0.05) is 25.2 Å². The quantitative estimate of drug-likeness (QED) is 0.940. The van der Waals surface area contributed by atoms with E-state index in [-0.39, 0.29) is 11.9 Å². The third-order valence-corrected chi connectivity index (χ3v) is 4.18. The normalized spacial score (nSPS) is 19.4. The molecule has 1 N–H and O–H groups in total. The number of likely N-dealkylation sites (tertiary alicyclic amines) is 1. The van der Waals surface area contributed by atoms with Crippen LogP contribution in [0.5, 0.6) is 0 Å². The zero-order valence-electron chi connectivity index (χ0n) is 12.0. The molecule has 2 unspecified atom stereocenters. The number of aromatic nitrogens is 1. The molecule has 3 heterocycles. The van der Waals surface area contributed by atoms with Gasteiger partial charge in [0.25, 0.3) is 5.91 Å². The second-order valence-corrected chi connectivity index (χ2v) is 5.86. The molecule has 6 heteroatoms. The number of nitrogens with zero attached hydrogens (tertiary/aromatic N) is 2. The van der Waals surface area contributed by atoms with Gasteiger partial charge in [-0.15, -0.1) is 0 Å². The number of furan rings is 1. The molecular formula is C16H17ClN2O3. The van der Waals surface area contributed by atoms with Crippen LogP contribution in [0.3, 0.4) is 0 Å². The number of aliphatic hydroxyl groups excluding tert-OH is 1. The smallest absolute Gasteiger partial charge is 0.272 e. The summed E-state index contributed by atoms with van der Waals surface area (Å²) in [7, 11) is 0. The van der Waals surface area contributed by atoms with Crippen LogP contribution in [0.25, 0.3) is 0 Å². The van der Waals surface area contributed by atoms with Crippen molar-refractivity contribution in [3.8, 4) is 0 Å². The fourth-order valence-corrected chi connectivity index (χ4v) is 2.96. The maximum absolute atomic E-state index is 12.6. The first kappa shape index (κ1) is 15.1. The molecule has 0 spiro atoms. The van der Waals surface area contributed by atoms with E-state index in [1.807, 2.05) is 0 Å². The van der Waals surface area contributed by atoms with Gasteiger partial charge >= 0.3 is 0 Å². The SMILES string of the molecule is O=C(c1ccc(Cl)cn1)N1CCCC1CC(O)c1ccco1. The molecule has 1 aliphatic rings. The van der Waals surface area contributed by atoms with E-state index < -0.39 is 6.10 Å². The number of halogens is 1. The molecule has 2 aromatic heterocycles. The van der Waals surface area contributed by atoms with Crippen LogP contribution in [0.1, 0.15) is 41.6 Å². The van der Waals surface area contributed by atoms with Crippen molar-refractivity contribution in [1.82, 2.24) is 9.88 Å². The Bertz CT molecular complexity index is 627. The fraction of sp³-hybridized carbons (Fsp3) is 0.375. The molecule has 0 aliphatic carbocycles. The van der Waals surface area contributed by atoms with Crippen molar-refractivity contribution < 1.29 is 14.3 Å². The van der Waals surface area contributed by atoms with Crippen molar-refractivity contribution in [2.45, 2.75) is 31.4 Å². The second kappa shape index (κ2) is 6.50. The summed E-state index contributed by atoms with van der Waals surface area (Å²) in [6, 6.07) is 6.76. The molecule has 3 rings (SSSR count). The van der Waals surface area contributed by atoms with Gasteiger partial charge in [-0.2, -0.15) is 0 Å². The minimum absolute atomic E-state index is 0.00919. The van der Waals surface area contributed by atoms with Crippen LogP contribution >= 0.6 is 11.6 Å². The third kappa shape index (κ3) is 3.15. The van der Waals surface area contributed by atoms with Gasteiger partial charge in [-0.05, 0) is 37.1 Å². The summed E-state index contributed by atoms with van der Waals surface area (Å²) >= 11 is 5.80. The molecule has 0 saturated carbocycles. The summed E-state index contributed by atoms with van der Waals surface area (Å²) in [5.41, 5.74) is 0.379. The molecule has 1 fully saturated rings. The van der Waals surface area contributed by atoms with E-state index in [1.54, 1.807) is 29.2 Å². The molecule has 0 aromatic carbocycles. The van der Waals surface area contributed by atoms with Gasteiger partial charge in [0.05, 0.1) is 11.3 Å². The van der Waals surface area contributed by atoms with E-state index in [4.69, 9.17) is 16.0 Å². The lowest BCUT2D eigenvalue weighted by Gasteiger charge is -2.25. The standard InChI is InChI=1S/C16H17ClN2O3/c17-11-5-6-13(18-10-11)16(21)19-7-1-3-12(19)9-14(20)15-4-2-8-22-15/h2,4-6,8,10,12,14,20H,1,3,7,9H2. The molecule has 22 heavy (non-hydrogen) atoms. The van der Waals surface area contributed by atoms with Crippen LogP contribution in [-0.2, 0) is 0 Å². The lowest BCUT2D eigenvalue weighted by Crippen LogP contribution is -2.36. The Balaban J connectivity index is 1.70. The number of hydrogen-bond acceptors (Lipinski definition) is 4. The van der Waals surface area contributed by atoms with Gasteiger partial charge < -0.3 is 14.4 Å². The van der Waals surface area contributed by atoms with Crippen molar-refractivity contribution in [2.24, 2.45) is 0 Å². The first-order chi connectivity index (χ1) is 10.6. The van der Waals surface area contributed by atoms with E-state index in [2.05, 4.69) is 4.98 Å².